The first kappa shape index (κ1) is 16.8. The van der Waals surface area contributed by atoms with Crippen LogP contribution in [0.15, 0.2) is 16.6 Å². The SMILES string of the molecule is Cc1cc(Br)c(NC(=O)N[C@@H](C(=O)O)C(C)C)cc1Cl. The van der Waals surface area contributed by atoms with Crippen LogP contribution in [0.1, 0.15) is 19.4 Å². The van der Waals surface area contributed by atoms with E-state index in [0.717, 1.165) is 5.56 Å². The summed E-state index contributed by atoms with van der Waals surface area (Å²) in [4.78, 5) is 22.9. The highest BCUT2D eigenvalue weighted by atomic mass is 79.9. The van der Waals surface area contributed by atoms with E-state index in [0.29, 0.717) is 15.2 Å². The minimum absolute atomic E-state index is 0.219. The molecule has 1 aromatic carbocycles. The van der Waals surface area contributed by atoms with E-state index in [1.807, 2.05) is 6.92 Å². The highest BCUT2D eigenvalue weighted by molar-refractivity contribution is 9.10. The fourth-order valence-corrected chi connectivity index (χ4v) is 2.28. The fourth-order valence-electron chi connectivity index (χ4n) is 1.56. The number of carbonyl (C=O) groups excluding carboxylic acids is 1. The number of anilines is 1. The highest BCUT2D eigenvalue weighted by Crippen LogP contribution is 2.29. The molecule has 1 rings (SSSR count). The molecule has 0 radical (unpaired) electrons. The molecule has 0 aromatic heterocycles. The summed E-state index contributed by atoms with van der Waals surface area (Å²) < 4.78 is 0.672. The zero-order valence-electron chi connectivity index (χ0n) is 11.3. The molecule has 1 atom stereocenters. The number of carboxylic acids is 1. The number of benzene rings is 1. The normalized spacial score (nSPS) is 12.1. The van der Waals surface area contributed by atoms with Gasteiger partial charge >= 0.3 is 12.0 Å². The van der Waals surface area contributed by atoms with E-state index in [1.165, 1.54) is 0 Å². The van der Waals surface area contributed by atoms with Crippen LogP contribution in [0.3, 0.4) is 0 Å². The number of aliphatic carboxylic acids is 1. The van der Waals surface area contributed by atoms with Crippen molar-refractivity contribution in [2.75, 3.05) is 5.32 Å². The van der Waals surface area contributed by atoms with Crippen LogP contribution in [0.2, 0.25) is 5.02 Å². The van der Waals surface area contributed by atoms with Crippen molar-refractivity contribution in [1.29, 1.82) is 0 Å². The quantitative estimate of drug-likeness (QED) is 0.764. The van der Waals surface area contributed by atoms with E-state index in [1.54, 1.807) is 26.0 Å². The van der Waals surface area contributed by atoms with Crippen molar-refractivity contribution >= 4 is 45.2 Å². The molecule has 0 saturated heterocycles. The predicted octanol–water partition coefficient (Wildman–Crippen LogP) is 3.64. The highest BCUT2D eigenvalue weighted by Gasteiger charge is 2.23. The molecule has 0 bridgehead atoms. The molecule has 20 heavy (non-hydrogen) atoms. The Morgan fingerprint density at radius 1 is 1.35 bits per heavy atom. The van der Waals surface area contributed by atoms with Gasteiger partial charge in [0.2, 0.25) is 0 Å². The zero-order chi connectivity index (χ0) is 15.4. The summed E-state index contributed by atoms with van der Waals surface area (Å²) >= 11 is 9.31. The summed E-state index contributed by atoms with van der Waals surface area (Å²) in [6, 6.07) is 1.84. The van der Waals surface area contributed by atoms with Crippen molar-refractivity contribution in [3.05, 3.63) is 27.2 Å². The third kappa shape index (κ3) is 4.38. The molecule has 3 N–H and O–H groups in total. The smallest absolute Gasteiger partial charge is 0.326 e. The molecule has 0 unspecified atom stereocenters. The van der Waals surface area contributed by atoms with Crippen LogP contribution >= 0.6 is 27.5 Å². The zero-order valence-corrected chi connectivity index (χ0v) is 13.7. The Kier molecular flexibility index (Phi) is 5.83. The molecular weight excluding hydrogens is 348 g/mol. The monoisotopic (exact) mass is 362 g/mol. The maximum absolute atomic E-state index is 11.8. The molecule has 7 heteroatoms. The molecular formula is C13H16BrClN2O3. The van der Waals surface area contributed by atoms with E-state index in [-0.39, 0.29) is 5.92 Å². The Morgan fingerprint density at radius 2 is 1.95 bits per heavy atom. The van der Waals surface area contributed by atoms with Crippen molar-refractivity contribution in [2.24, 2.45) is 5.92 Å². The summed E-state index contributed by atoms with van der Waals surface area (Å²) in [5.41, 5.74) is 1.35. The summed E-state index contributed by atoms with van der Waals surface area (Å²) in [5.74, 6) is -1.29. The lowest BCUT2D eigenvalue weighted by molar-refractivity contribution is -0.140. The average Bonchev–Trinajstić information content (AvgIpc) is 2.32. The van der Waals surface area contributed by atoms with E-state index < -0.39 is 18.0 Å². The van der Waals surface area contributed by atoms with E-state index in [9.17, 15) is 9.59 Å². The Bertz CT molecular complexity index is 535. The lowest BCUT2D eigenvalue weighted by atomic mass is 10.1. The molecule has 1 aromatic rings. The van der Waals surface area contributed by atoms with Crippen LogP contribution in [0.4, 0.5) is 10.5 Å². The molecule has 5 nitrogen and oxygen atoms in total. The Hall–Kier alpha value is -1.27. The molecule has 2 amide bonds. The number of hydrogen-bond acceptors (Lipinski definition) is 2. The van der Waals surface area contributed by atoms with Gasteiger partial charge in [-0.3, -0.25) is 0 Å². The number of amides is 2. The number of carboxylic acid groups (broad SMARTS) is 1. The third-order valence-electron chi connectivity index (χ3n) is 2.72. The minimum Gasteiger partial charge on any atom is -0.480 e. The lowest BCUT2D eigenvalue weighted by Crippen LogP contribution is -2.46. The lowest BCUT2D eigenvalue weighted by Gasteiger charge is -2.18. The van der Waals surface area contributed by atoms with Crippen molar-refractivity contribution in [3.8, 4) is 0 Å². The van der Waals surface area contributed by atoms with E-state index >= 15 is 0 Å². The molecule has 0 aliphatic carbocycles. The van der Waals surface area contributed by atoms with Gasteiger partial charge in [-0.1, -0.05) is 25.4 Å². The van der Waals surface area contributed by atoms with Crippen LogP contribution < -0.4 is 10.6 Å². The number of nitrogens with one attached hydrogen (secondary N) is 2. The summed E-state index contributed by atoms with van der Waals surface area (Å²) in [6.07, 6.45) is 0. The van der Waals surface area contributed by atoms with Crippen LogP contribution in [0.5, 0.6) is 0 Å². The second-order valence-electron chi connectivity index (χ2n) is 4.74. The second kappa shape index (κ2) is 6.95. The molecule has 0 heterocycles. The third-order valence-corrected chi connectivity index (χ3v) is 3.78. The number of halogens is 2. The van der Waals surface area contributed by atoms with Gasteiger partial charge in [-0.05, 0) is 46.5 Å². The van der Waals surface area contributed by atoms with Crippen molar-refractivity contribution in [3.63, 3.8) is 0 Å². The molecule has 0 fully saturated rings. The van der Waals surface area contributed by atoms with E-state index in [4.69, 9.17) is 16.7 Å². The minimum atomic E-state index is -1.07. The maximum atomic E-state index is 11.8. The summed E-state index contributed by atoms with van der Waals surface area (Å²) in [7, 11) is 0. The first-order valence-electron chi connectivity index (χ1n) is 5.98. The second-order valence-corrected chi connectivity index (χ2v) is 6.00. The van der Waals surface area contributed by atoms with E-state index in [2.05, 4.69) is 26.6 Å². The van der Waals surface area contributed by atoms with Gasteiger partial charge in [0, 0.05) is 9.50 Å². The summed E-state index contributed by atoms with van der Waals surface area (Å²) in [5, 5.41) is 14.5. The number of hydrogen-bond donors (Lipinski definition) is 3. The Balaban J connectivity index is 2.81. The molecule has 0 aliphatic rings. The molecule has 0 aliphatic heterocycles. The van der Waals surface area contributed by atoms with Gasteiger partial charge < -0.3 is 15.7 Å². The summed E-state index contributed by atoms with van der Waals surface area (Å²) in [6.45, 7) is 5.28. The van der Waals surface area contributed by atoms with Gasteiger partial charge in [0.05, 0.1) is 5.69 Å². The largest absolute Gasteiger partial charge is 0.480 e. The van der Waals surface area contributed by atoms with Gasteiger partial charge in [-0.2, -0.15) is 0 Å². The van der Waals surface area contributed by atoms with Gasteiger partial charge in [0.25, 0.3) is 0 Å². The first-order chi connectivity index (χ1) is 9.22. The molecule has 0 spiro atoms. The van der Waals surface area contributed by atoms with Crippen LogP contribution in [-0.2, 0) is 4.79 Å². The predicted molar refractivity (Wildman–Crippen MR) is 82.3 cm³/mol. The topological polar surface area (TPSA) is 78.4 Å². The average molecular weight is 364 g/mol. The Morgan fingerprint density at radius 3 is 2.45 bits per heavy atom. The van der Waals surface area contributed by atoms with Gasteiger partial charge in [-0.25, -0.2) is 9.59 Å². The standard InChI is InChI=1S/C13H16BrClN2O3/c1-6(2)11(12(18)19)17-13(20)16-10-5-9(15)7(3)4-8(10)14/h4-6,11H,1-3H3,(H,18,19)(H2,16,17,20)/t11-/m1/s1. The van der Waals surface area contributed by atoms with Gasteiger partial charge in [0.1, 0.15) is 6.04 Å². The maximum Gasteiger partial charge on any atom is 0.326 e. The number of aryl methyl sites for hydroxylation is 1. The molecule has 110 valence electrons. The Labute approximate surface area is 130 Å². The van der Waals surface area contributed by atoms with Crippen molar-refractivity contribution in [2.45, 2.75) is 26.8 Å². The van der Waals surface area contributed by atoms with Crippen molar-refractivity contribution in [1.82, 2.24) is 5.32 Å². The van der Waals surface area contributed by atoms with Gasteiger partial charge in [-0.15, -0.1) is 0 Å². The number of rotatable bonds is 4. The molecule has 0 saturated carbocycles. The fraction of sp³-hybridized carbons (Fsp3) is 0.385. The van der Waals surface area contributed by atoms with Crippen LogP contribution in [-0.4, -0.2) is 23.1 Å². The van der Waals surface area contributed by atoms with Crippen LogP contribution in [0.25, 0.3) is 0 Å². The van der Waals surface area contributed by atoms with Crippen LogP contribution in [0, 0.1) is 12.8 Å². The number of urea groups is 1. The van der Waals surface area contributed by atoms with Crippen molar-refractivity contribution < 1.29 is 14.7 Å². The number of carbonyl (C=O) groups is 2. The first-order valence-corrected chi connectivity index (χ1v) is 7.15. The van der Waals surface area contributed by atoms with Gasteiger partial charge in [0.15, 0.2) is 0 Å².